The van der Waals surface area contributed by atoms with Gasteiger partial charge < -0.3 is 10.2 Å². The number of sulfonamides is 1. The van der Waals surface area contributed by atoms with Gasteiger partial charge in [-0.1, -0.05) is 12.1 Å². The lowest BCUT2D eigenvalue weighted by molar-refractivity contribution is -0.114. The molecule has 2 N–H and O–H groups in total. The Morgan fingerprint density at radius 3 is 2.34 bits per heavy atom. The van der Waals surface area contributed by atoms with Gasteiger partial charge in [-0.15, -0.1) is 0 Å². The molecule has 2 amide bonds. The molecular weight excluding hydrogens is 390 g/mol. The van der Waals surface area contributed by atoms with Gasteiger partial charge in [0.1, 0.15) is 0 Å². The van der Waals surface area contributed by atoms with Gasteiger partial charge in [-0.3, -0.25) is 14.3 Å². The number of nitrogens with zero attached hydrogens (tertiary/aromatic N) is 1. The number of carbonyl (C=O) groups excluding carboxylic acids is 2. The third-order valence-corrected chi connectivity index (χ3v) is 6.21. The summed E-state index contributed by atoms with van der Waals surface area (Å²) in [6.45, 7) is 4.58. The number of aryl methyl sites for hydroxylation is 1. The average molecular weight is 416 g/mol. The maximum absolute atomic E-state index is 12.9. The van der Waals surface area contributed by atoms with Gasteiger partial charge in [0.05, 0.1) is 10.6 Å². The van der Waals surface area contributed by atoms with Crippen molar-refractivity contribution in [1.29, 1.82) is 0 Å². The summed E-state index contributed by atoms with van der Waals surface area (Å²) in [4.78, 5) is 25.9. The van der Waals surface area contributed by atoms with Crippen LogP contribution in [0.25, 0.3) is 0 Å². The number of carbonyl (C=O) groups is 2. The summed E-state index contributed by atoms with van der Waals surface area (Å²) in [5.74, 6) is -0.378. The number of nitrogens with one attached hydrogen (secondary N) is 2. The van der Waals surface area contributed by atoms with Crippen LogP contribution < -0.4 is 10.0 Å². The van der Waals surface area contributed by atoms with Crippen molar-refractivity contribution in [2.45, 2.75) is 38.0 Å². The molecule has 0 spiro atoms. The monoisotopic (exact) mass is 415 g/mol. The van der Waals surface area contributed by atoms with E-state index in [1.54, 1.807) is 36.1 Å². The number of rotatable bonds is 5. The zero-order valence-corrected chi connectivity index (χ0v) is 17.4. The zero-order chi connectivity index (χ0) is 21.0. The van der Waals surface area contributed by atoms with Crippen LogP contribution in [0.2, 0.25) is 0 Å². The van der Waals surface area contributed by atoms with E-state index in [0.717, 1.165) is 24.8 Å². The Morgan fingerprint density at radius 2 is 1.66 bits per heavy atom. The molecule has 154 valence electrons. The molecule has 1 aliphatic rings. The predicted octanol–water partition coefficient (Wildman–Crippen LogP) is 3.38. The summed E-state index contributed by atoms with van der Waals surface area (Å²) in [5.41, 5.74) is 1.96. The maximum atomic E-state index is 12.9. The molecule has 0 unspecified atom stereocenters. The highest BCUT2D eigenvalue weighted by Gasteiger charge is 2.23. The van der Waals surface area contributed by atoms with Crippen LogP contribution in [0.5, 0.6) is 0 Å². The van der Waals surface area contributed by atoms with E-state index in [1.807, 2.05) is 0 Å². The normalized spacial score (nSPS) is 14.3. The fraction of sp³-hybridized carbons (Fsp3) is 0.333. The van der Waals surface area contributed by atoms with Crippen molar-refractivity contribution in [1.82, 2.24) is 4.90 Å². The Hall–Kier alpha value is -2.87. The van der Waals surface area contributed by atoms with Crippen molar-refractivity contribution >= 4 is 33.2 Å². The van der Waals surface area contributed by atoms with Crippen molar-refractivity contribution in [3.8, 4) is 0 Å². The van der Waals surface area contributed by atoms with Gasteiger partial charge in [0.15, 0.2) is 0 Å². The SMILES string of the molecule is CC(=O)Nc1cccc(NS(=O)(=O)c2ccc(C)c(C(=O)N3CCCCC3)c2)c1. The average Bonchev–Trinajstić information content (AvgIpc) is 2.68. The second kappa shape index (κ2) is 8.65. The summed E-state index contributed by atoms with van der Waals surface area (Å²) >= 11 is 0. The van der Waals surface area contributed by atoms with Crippen molar-refractivity contribution in [2.75, 3.05) is 23.1 Å². The molecule has 0 saturated carbocycles. The lowest BCUT2D eigenvalue weighted by Crippen LogP contribution is -2.36. The zero-order valence-electron chi connectivity index (χ0n) is 16.6. The van der Waals surface area contributed by atoms with E-state index in [-0.39, 0.29) is 16.7 Å². The number of likely N-dealkylation sites (tertiary alicyclic amines) is 1. The van der Waals surface area contributed by atoms with E-state index in [4.69, 9.17) is 0 Å². The molecule has 0 radical (unpaired) electrons. The summed E-state index contributed by atoms with van der Waals surface area (Å²) in [5, 5.41) is 2.61. The van der Waals surface area contributed by atoms with E-state index >= 15 is 0 Å². The molecular formula is C21H25N3O4S. The van der Waals surface area contributed by atoms with Crippen molar-refractivity contribution in [3.05, 3.63) is 53.6 Å². The molecule has 1 saturated heterocycles. The lowest BCUT2D eigenvalue weighted by Gasteiger charge is -2.27. The minimum atomic E-state index is -3.90. The van der Waals surface area contributed by atoms with Crippen molar-refractivity contribution in [3.63, 3.8) is 0 Å². The van der Waals surface area contributed by atoms with Gasteiger partial charge in [0.2, 0.25) is 5.91 Å². The largest absolute Gasteiger partial charge is 0.339 e. The second-order valence-corrected chi connectivity index (χ2v) is 8.88. The number of hydrogen-bond donors (Lipinski definition) is 2. The Bertz CT molecular complexity index is 1030. The lowest BCUT2D eigenvalue weighted by atomic mass is 10.1. The first kappa shape index (κ1) is 20.9. The number of piperidine rings is 1. The maximum Gasteiger partial charge on any atom is 0.261 e. The quantitative estimate of drug-likeness (QED) is 0.783. The molecule has 0 bridgehead atoms. The number of amides is 2. The third-order valence-electron chi connectivity index (χ3n) is 4.83. The Kier molecular flexibility index (Phi) is 6.22. The van der Waals surface area contributed by atoms with E-state index in [2.05, 4.69) is 10.0 Å². The molecule has 0 atom stereocenters. The molecule has 29 heavy (non-hydrogen) atoms. The fourth-order valence-corrected chi connectivity index (χ4v) is 4.42. The van der Waals surface area contributed by atoms with Crippen LogP contribution >= 0.6 is 0 Å². The van der Waals surface area contributed by atoms with Crippen LogP contribution in [0.3, 0.4) is 0 Å². The number of hydrogen-bond acceptors (Lipinski definition) is 4. The summed E-state index contributed by atoms with van der Waals surface area (Å²) in [7, 11) is -3.90. The molecule has 2 aromatic carbocycles. The highest BCUT2D eigenvalue weighted by Crippen LogP contribution is 2.23. The first-order valence-corrected chi connectivity index (χ1v) is 11.0. The molecule has 1 heterocycles. The Morgan fingerprint density at radius 1 is 0.966 bits per heavy atom. The van der Waals surface area contributed by atoms with E-state index in [1.165, 1.54) is 25.1 Å². The van der Waals surface area contributed by atoms with Gasteiger partial charge in [-0.05, 0) is 62.1 Å². The first-order valence-electron chi connectivity index (χ1n) is 9.57. The number of benzene rings is 2. The Labute approximate surface area is 171 Å². The summed E-state index contributed by atoms with van der Waals surface area (Å²) < 4.78 is 28.3. The highest BCUT2D eigenvalue weighted by atomic mass is 32.2. The molecule has 0 aliphatic carbocycles. The van der Waals surface area contributed by atoms with Crippen LogP contribution in [-0.2, 0) is 14.8 Å². The van der Waals surface area contributed by atoms with Crippen molar-refractivity contribution in [2.24, 2.45) is 0 Å². The van der Waals surface area contributed by atoms with E-state index in [0.29, 0.717) is 30.0 Å². The molecule has 1 fully saturated rings. The van der Waals surface area contributed by atoms with Gasteiger partial charge in [0, 0.05) is 31.3 Å². The second-order valence-electron chi connectivity index (χ2n) is 7.20. The summed E-state index contributed by atoms with van der Waals surface area (Å²) in [6.07, 6.45) is 3.04. The fourth-order valence-electron chi connectivity index (χ4n) is 3.34. The molecule has 1 aliphatic heterocycles. The highest BCUT2D eigenvalue weighted by molar-refractivity contribution is 7.92. The predicted molar refractivity (Wildman–Crippen MR) is 112 cm³/mol. The molecule has 3 rings (SSSR count). The summed E-state index contributed by atoms with van der Waals surface area (Å²) in [6, 6.07) is 11.0. The van der Waals surface area contributed by atoms with Gasteiger partial charge >= 0.3 is 0 Å². The van der Waals surface area contributed by atoms with Crippen LogP contribution in [0, 0.1) is 6.92 Å². The van der Waals surface area contributed by atoms with Crippen molar-refractivity contribution < 1.29 is 18.0 Å². The molecule has 8 heteroatoms. The smallest absolute Gasteiger partial charge is 0.261 e. The third kappa shape index (κ3) is 5.14. The van der Waals surface area contributed by atoms with Crippen LogP contribution in [0.1, 0.15) is 42.1 Å². The van der Waals surface area contributed by atoms with Gasteiger partial charge in [-0.2, -0.15) is 0 Å². The van der Waals surface area contributed by atoms with Crippen LogP contribution in [-0.4, -0.2) is 38.2 Å². The Balaban J connectivity index is 1.85. The standard InChI is InChI=1S/C21H25N3O4S/c1-15-9-10-19(14-20(15)21(26)24-11-4-3-5-12-24)29(27,28)23-18-8-6-7-17(13-18)22-16(2)25/h6-10,13-14,23H,3-5,11-12H2,1-2H3,(H,22,25). The van der Waals surface area contributed by atoms with Crippen LogP contribution in [0.4, 0.5) is 11.4 Å². The van der Waals surface area contributed by atoms with Crippen LogP contribution in [0.15, 0.2) is 47.4 Å². The van der Waals surface area contributed by atoms with E-state index < -0.39 is 10.0 Å². The minimum absolute atomic E-state index is 0.0217. The number of anilines is 2. The molecule has 7 nitrogen and oxygen atoms in total. The van der Waals surface area contributed by atoms with E-state index in [9.17, 15) is 18.0 Å². The van der Waals surface area contributed by atoms with Gasteiger partial charge in [-0.25, -0.2) is 8.42 Å². The molecule has 0 aromatic heterocycles. The first-order chi connectivity index (χ1) is 13.8. The molecule has 2 aromatic rings. The topological polar surface area (TPSA) is 95.6 Å². The van der Waals surface area contributed by atoms with Gasteiger partial charge in [0.25, 0.3) is 15.9 Å². The minimum Gasteiger partial charge on any atom is -0.339 e.